The van der Waals surface area contributed by atoms with Crippen molar-refractivity contribution in [1.82, 2.24) is 15.1 Å². The first kappa shape index (κ1) is 22.8. The Balaban J connectivity index is 1.54. The van der Waals surface area contributed by atoms with Crippen LogP contribution in [0.2, 0.25) is 0 Å². The minimum absolute atomic E-state index is 0.0112. The molecule has 4 saturated heterocycles. The maximum absolute atomic E-state index is 13.5. The number of aliphatic hydroxyl groups is 1. The van der Waals surface area contributed by atoms with Gasteiger partial charge in [0.25, 0.3) is 0 Å². The molecule has 0 saturated carbocycles. The fourth-order valence-electron chi connectivity index (χ4n) is 5.93. The molecule has 4 rings (SSSR count). The van der Waals surface area contributed by atoms with Gasteiger partial charge in [0.05, 0.1) is 43.0 Å². The smallest absolute Gasteiger partial charge is 0.310 e. The Morgan fingerprint density at radius 3 is 2.74 bits per heavy atom. The largest absolute Gasteiger partial charge is 0.466 e. The normalized spacial score (nSPS) is 37.2. The second kappa shape index (κ2) is 9.25. The van der Waals surface area contributed by atoms with Crippen LogP contribution < -0.4 is 5.32 Å². The van der Waals surface area contributed by atoms with Gasteiger partial charge >= 0.3 is 5.97 Å². The summed E-state index contributed by atoms with van der Waals surface area (Å²) in [5.41, 5.74) is 0. The van der Waals surface area contributed by atoms with Crippen molar-refractivity contribution < 1.29 is 29.0 Å². The highest BCUT2D eigenvalue weighted by molar-refractivity contribution is 8.02. The summed E-state index contributed by atoms with van der Waals surface area (Å²) in [5, 5.41) is 12.6. The lowest BCUT2D eigenvalue weighted by atomic mass is 9.66. The van der Waals surface area contributed by atoms with Gasteiger partial charge < -0.3 is 24.8 Å². The van der Waals surface area contributed by atoms with E-state index >= 15 is 0 Å². The van der Waals surface area contributed by atoms with Gasteiger partial charge in [-0.2, -0.15) is 0 Å². The van der Waals surface area contributed by atoms with Gasteiger partial charge in [-0.25, -0.2) is 0 Å². The molecule has 0 aromatic rings. The van der Waals surface area contributed by atoms with Crippen molar-refractivity contribution in [3.05, 3.63) is 0 Å². The van der Waals surface area contributed by atoms with Crippen molar-refractivity contribution >= 4 is 29.5 Å². The molecule has 2 N–H and O–H groups in total. The molecule has 1 spiro atoms. The van der Waals surface area contributed by atoms with Crippen LogP contribution in [0.5, 0.6) is 0 Å². The minimum Gasteiger partial charge on any atom is -0.466 e. The van der Waals surface area contributed by atoms with Crippen LogP contribution in [0.1, 0.15) is 20.3 Å². The molecule has 6 atom stereocenters. The summed E-state index contributed by atoms with van der Waals surface area (Å²) < 4.78 is 10.0. The number of hydrogen-bond donors (Lipinski definition) is 2. The zero-order valence-electron chi connectivity index (χ0n) is 18.2. The van der Waals surface area contributed by atoms with E-state index < -0.39 is 22.6 Å². The van der Waals surface area contributed by atoms with Crippen LogP contribution in [0.25, 0.3) is 0 Å². The first-order chi connectivity index (χ1) is 15.0. The van der Waals surface area contributed by atoms with Crippen LogP contribution in [0, 0.1) is 17.8 Å². The maximum Gasteiger partial charge on any atom is 0.310 e. The topological polar surface area (TPSA) is 108 Å². The Kier molecular flexibility index (Phi) is 6.81. The zero-order chi connectivity index (χ0) is 22.2. The maximum atomic E-state index is 13.5. The average Bonchev–Trinajstić information content (AvgIpc) is 3.33. The fraction of sp³-hybridized carbons (Fsp3) is 0.857. The molecule has 2 bridgehead atoms. The lowest BCUT2D eigenvalue weighted by molar-refractivity contribution is -0.154. The molecule has 0 aliphatic carbocycles. The molecule has 174 valence electrons. The number of nitrogens with one attached hydrogen (secondary N) is 1. The van der Waals surface area contributed by atoms with Gasteiger partial charge in [-0.15, -0.1) is 11.8 Å². The fourth-order valence-corrected chi connectivity index (χ4v) is 8.34. The highest BCUT2D eigenvalue weighted by atomic mass is 32.2. The van der Waals surface area contributed by atoms with E-state index in [-0.39, 0.29) is 48.7 Å². The second-order valence-corrected chi connectivity index (χ2v) is 10.4. The van der Waals surface area contributed by atoms with Crippen LogP contribution in [-0.2, 0) is 23.9 Å². The molecule has 0 aromatic carbocycles. The summed E-state index contributed by atoms with van der Waals surface area (Å²) in [4.78, 5) is 43.4. The Morgan fingerprint density at radius 2 is 2.06 bits per heavy atom. The molecular weight excluding hydrogens is 422 g/mol. The van der Waals surface area contributed by atoms with E-state index in [1.807, 2.05) is 0 Å². The number of carbonyl (C=O) groups excluding carboxylic acids is 3. The SMILES string of the molecule is CCOC(=O)[C@@H]1[C@@H]2CC(C)C3(S2)C(C(=O)NCCN2CCOCC2)N(CCO)C(=O)[C@H]13. The third-order valence-electron chi connectivity index (χ3n) is 7.22. The number of β-amino-alcohol motifs (C(OH)–C–C–N with tert-alkyl or cyclic N) is 1. The quantitative estimate of drug-likeness (QED) is 0.464. The Morgan fingerprint density at radius 1 is 1.32 bits per heavy atom. The predicted molar refractivity (Wildman–Crippen MR) is 114 cm³/mol. The van der Waals surface area contributed by atoms with Crippen molar-refractivity contribution in [2.24, 2.45) is 17.8 Å². The van der Waals surface area contributed by atoms with Crippen LogP contribution >= 0.6 is 11.8 Å². The summed E-state index contributed by atoms with van der Waals surface area (Å²) in [6.45, 7) is 8.26. The number of rotatable bonds is 8. The van der Waals surface area contributed by atoms with Gasteiger partial charge in [0.15, 0.2) is 0 Å². The molecule has 2 amide bonds. The van der Waals surface area contributed by atoms with Crippen LogP contribution in [0.15, 0.2) is 0 Å². The van der Waals surface area contributed by atoms with E-state index in [1.165, 1.54) is 4.90 Å². The standard InChI is InChI=1S/C21H33N3O6S/c1-3-30-20(28)15-14-12-13(2)21(31-14)16(15)19(27)24(6-9-25)17(21)18(26)22-4-5-23-7-10-29-11-8-23/h13-17,25H,3-12H2,1-2H3,(H,22,26)/t13?,14-,15+,16-,17?,21?/m0/s1. The third kappa shape index (κ3) is 3.75. The molecule has 10 heteroatoms. The van der Waals surface area contributed by atoms with Gasteiger partial charge in [0.1, 0.15) is 6.04 Å². The molecule has 0 radical (unpaired) electrons. The highest BCUT2D eigenvalue weighted by Crippen LogP contribution is 2.68. The van der Waals surface area contributed by atoms with Crippen molar-refractivity contribution in [2.45, 2.75) is 36.3 Å². The van der Waals surface area contributed by atoms with Gasteiger partial charge in [0, 0.05) is 38.0 Å². The van der Waals surface area contributed by atoms with E-state index in [4.69, 9.17) is 9.47 Å². The number of amides is 2. The van der Waals surface area contributed by atoms with E-state index in [0.29, 0.717) is 19.8 Å². The Labute approximate surface area is 187 Å². The lowest BCUT2D eigenvalue weighted by Crippen LogP contribution is -2.57. The summed E-state index contributed by atoms with van der Waals surface area (Å²) in [5.74, 6) is -1.73. The van der Waals surface area contributed by atoms with E-state index in [2.05, 4.69) is 17.1 Å². The molecule has 9 nitrogen and oxygen atoms in total. The van der Waals surface area contributed by atoms with Crippen molar-refractivity contribution in [3.8, 4) is 0 Å². The number of thioether (sulfide) groups is 1. The molecule has 4 heterocycles. The summed E-state index contributed by atoms with van der Waals surface area (Å²) >= 11 is 1.62. The number of carbonyl (C=O) groups is 3. The number of likely N-dealkylation sites (tertiary alicyclic amines) is 1. The van der Waals surface area contributed by atoms with E-state index in [9.17, 15) is 19.5 Å². The second-order valence-electron chi connectivity index (χ2n) is 8.80. The van der Waals surface area contributed by atoms with E-state index in [1.54, 1.807) is 18.7 Å². The predicted octanol–water partition coefficient (Wildman–Crippen LogP) is -0.673. The van der Waals surface area contributed by atoms with Crippen molar-refractivity contribution in [2.75, 3.05) is 59.2 Å². The van der Waals surface area contributed by atoms with Gasteiger partial charge in [-0.1, -0.05) is 6.92 Å². The minimum atomic E-state index is -0.689. The average molecular weight is 456 g/mol. The molecule has 0 aromatic heterocycles. The number of ether oxygens (including phenoxy) is 2. The molecule has 4 fully saturated rings. The zero-order valence-corrected chi connectivity index (χ0v) is 19.1. The summed E-state index contributed by atoms with van der Waals surface area (Å²) in [7, 11) is 0. The number of morpholine rings is 1. The summed E-state index contributed by atoms with van der Waals surface area (Å²) in [6.07, 6.45) is 0.780. The van der Waals surface area contributed by atoms with E-state index in [0.717, 1.165) is 26.1 Å². The number of nitrogens with zero attached hydrogens (tertiary/aromatic N) is 2. The summed E-state index contributed by atoms with van der Waals surface area (Å²) in [6, 6.07) is -0.689. The molecule has 3 unspecified atom stereocenters. The van der Waals surface area contributed by atoms with Crippen molar-refractivity contribution in [1.29, 1.82) is 0 Å². The lowest BCUT2D eigenvalue weighted by Gasteiger charge is -2.38. The molecule has 4 aliphatic rings. The molecular formula is C21H33N3O6S. The first-order valence-corrected chi connectivity index (χ1v) is 12.2. The van der Waals surface area contributed by atoms with Crippen LogP contribution in [0.3, 0.4) is 0 Å². The van der Waals surface area contributed by atoms with Crippen LogP contribution in [0.4, 0.5) is 0 Å². The molecule has 4 aliphatic heterocycles. The Hall–Kier alpha value is -1.36. The van der Waals surface area contributed by atoms with Crippen molar-refractivity contribution in [3.63, 3.8) is 0 Å². The number of esters is 1. The molecule has 31 heavy (non-hydrogen) atoms. The van der Waals surface area contributed by atoms with Gasteiger partial charge in [0.2, 0.25) is 11.8 Å². The highest BCUT2D eigenvalue weighted by Gasteiger charge is 2.76. The third-order valence-corrected chi connectivity index (χ3v) is 9.30. The first-order valence-electron chi connectivity index (χ1n) is 11.3. The van der Waals surface area contributed by atoms with Crippen LogP contribution in [-0.4, -0.2) is 108 Å². The Bertz CT molecular complexity index is 717. The van der Waals surface area contributed by atoms with Gasteiger partial charge in [-0.3, -0.25) is 19.3 Å². The number of fused-ring (bicyclic) bond motifs is 1. The number of hydrogen-bond acceptors (Lipinski definition) is 8. The van der Waals surface area contributed by atoms with Gasteiger partial charge in [-0.05, 0) is 19.3 Å². The number of aliphatic hydroxyl groups excluding tert-OH is 1. The monoisotopic (exact) mass is 455 g/mol.